The molecule has 0 radical (unpaired) electrons. The molecule has 0 amide bonds. The Morgan fingerprint density at radius 1 is 1.30 bits per heavy atom. The van der Waals surface area contributed by atoms with E-state index in [1.807, 2.05) is 18.2 Å². The molecule has 2 aliphatic rings. The lowest BCUT2D eigenvalue weighted by Gasteiger charge is -2.24. The van der Waals surface area contributed by atoms with Crippen LogP contribution in [0.4, 0.5) is 0 Å². The summed E-state index contributed by atoms with van der Waals surface area (Å²) >= 11 is 9.65. The van der Waals surface area contributed by atoms with Gasteiger partial charge in [-0.15, -0.1) is 0 Å². The second-order valence-electron chi connectivity index (χ2n) is 5.83. The van der Waals surface area contributed by atoms with Gasteiger partial charge in [-0.1, -0.05) is 46.4 Å². The molecule has 1 aromatic carbocycles. The van der Waals surface area contributed by atoms with Crippen molar-refractivity contribution in [2.75, 3.05) is 6.61 Å². The Morgan fingerprint density at radius 2 is 2.10 bits per heavy atom. The lowest BCUT2D eigenvalue weighted by Crippen LogP contribution is -2.27. The third-order valence-corrected chi connectivity index (χ3v) is 5.40. The zero-order chi connectivity index (χ0) is 14.0. The van der Waals surface area contributed by atoms with Crippen molar-refractivity contribution in [3.8, 4) is 5.75 Å². The van der Waals surface area contributed by atoms with Crippen molar-refractivity contribution < 1.29 is 9.47 Å². The van der Waals surface area contributed by atoms with Crippen LogP contribution in [0.2, 0.25) is 5.02 Å². The molecule has 1 saturated heterocycles. The van der Waals surface area contributed by atoms with Crippen LogP contribution in [0.25, 0.3) is 0 Å². The van der Waals surface area contributed by atoms with Crippen LogP contribution < -0.4 is 4.74 Å². The first-order valence-corrected chi connectivity index (χ1v) is 8.86. The first-order chi connectivity index (χ1) is 9.72. The molecule has 4 heteroatoms. The highest BCUT2D eigenvalue weighted by Gasteiger charge is 2.42. The quantitative estimate of drug-likeness (QED) is 0.696. The SMILES string of the molecule is Clc1cccc(OCC2CCC3(CCCC3)O2)c1CBr. The van der Waals surface area contributed by atoms with Crippen molar-refractivity contribution in [3.63, 3.8) is 0 Å². The van der Waals surface area contributed by atoms with Crippen LogP contribution in [-0.4, -0.2) is 18.3 Å². The van der Waals surface area contributed by atoms with Crippen molar-refractivity contribution in [2.45, 2.75) is 55.6 Å². The molecule has 0 aromatic heterocycles. The number of alkyl halides is 1. The van der Waals surface area contributed by atoms with Crippen molar-refractivity contribution in [1.29, 1.82) is 0 Å². The molecule has 1 spiro atoms. The first kappa shape index (κ1) is 14.7. The van der Waals surface area contributed by atoms with Gasteiger partial charge in [-0.3, -0.25) is 0 Å². The first-order valence-electron chi connectivity index (χ1n) is 7.36. The van der Waals surface area contributed by atoms with Crippen molar-refractivity contribution >= 4 is 27.5 Å². The summed E-state index contributed by atoms with van der Waals surface area (Å²) in [5.41, 5.74) is 1.20. The second kappa shape index (κ2) is 6.25. The van der Waals surface area contributed by atoms with E-state index in [9.17, 15) is 0 Å². The Hall–Kier alpha value is -0.250. The molecule has 2 nitrogen and oxygen atoms in total. The van der Waals surface area contributed by atoms with Gasteiger partial charge in [-0.05, 0) is 37.8 Å². The van der Waals surface area contributed by atoms with Crippen LogP contribution in [0.1, 0.15) is 44.1 Å². The van der Waals surface area contributed by atoms with Gasteiger partial charge in [-0.2, -0.15) is 0 Å². The molecule has 1 atom stereocenters. The summed E-state index contributed by atoms with van der Waals surface area (Å²) in [4.78, 5) is 0. The topological polar surface area (TPSA) is 18.5 Å². The minimum Gasteiger partial charge on any atom is -0.491 e. The number of halogens is 2. The van der Waals surface area contributed by atoms with E-state index in [1.54, 1.807) is 0 Å². The third kappa shape index (κ3) is 3.00. The Bertz CT molecular complexity index is 472. The standard InChI is InChI=1S/C16H20BrClO2/c17-10-13-14(18)4-3-5-15(13)19-11-12-6-9-16(20-12)7-1-2-8-16/h3-5,12H,1-2,6-11H2. The van der Waals surface area contributed by atoms with Crippen LogP contribution >= 0.6 is 27.5 Å². The average Bonchev–Trinajstić information content (AvgIpc) is 3.07. The van der Waals surface area contributed by atoms with Gasteiger partial charge in [0.1, 0.15) is 12.4 Å². The maximum atomic E-state index is 6.27. The number of rotatable bonds is 4. The Kier molecular flexibility index (Phi) is 4.58. The van der Waals surface area contributed by atoms with Crippen LogP contribution in [0.15, 0.2) is 18.2 Å². The van der Waals surface area contributed by atoms with Gasteiger partial charge in [0.05, 0.1) is 11.7 Å². The summed E-state index contributed by atoms with van der Waals surface area (Å²) in [5, 5.41) is 1.45. The van der Waals surface area contributed by atoms with Gasteiger partial charge in [0.15, 0.2) is 0 Å². The van der Waals surface area contributed by atoms with Crippen molar-refractivity contribution in [3.05, 3.63) is 28.8 Å². The molecule has 1 aliphatic carbocycles. The number of benzene rings is 1. The lowest BCUT2D eigenvalue weighted by atomic mass is 9.98. The van der Waals surface area contributed by atoms with Gasteiger partial charge in [0.25, 0.3) is 0 Å². The fourth-order valence-corrected chi connectivity index (χ4v) is 4.36. The maximum absolute atomic E-state index is 6.27. The zero-order valence-electron chi connectivity index (χ0n) is 11.5. The maximum Gasteiger partial charge on any atom is 0.124 e. The van der Waals surface area contributed by atoms with Gasteiger partial charge in [-0.25, -0.2) is 0 Å². The van der Waals surface area contributed by atoms with E-state index in [0.29, 0.717) is 11.9 Å². The van der Waals surface area contributed by atoms with E-state index in [-0.39, 0.29) is 11.7 Å². The zero-order valence-corrected chi connectivity index (χ0v) is 13.9. The Morgan fingerprint density at radius 3 is 2.85 bits per heavy atom. The van der Waals surface area contributed by atoms with Gasteiger partial charge >= 0.3 is 0 Å². The highest BCUT2D eigenvalue weighted by molar-refractivity contribution is 9.08. The van der Waals surface area contributed by atoms with Gasteiger partial charge in [0.2, 0.25) is 0 Å². The molecule has 0 bridgehead atoms. The van der Waals surface area contributed by atoms with E-state index in [1.165, 1.54) is 32.1 Å². The summed E-state index contributed by atoms with van der Waals surface area (Å²) < 4.78 is 12.2. The van der Waals surface area contributed by atoms with Crippen LogP contribution in [-0.2, 0) is 10.1 Å². The highest BCUT2D eigenvalue weighted by Crippen LogP contribution is 2.43. The highest BCUT2D eigenvalue weighted by atomic mass is 79.9. The van der Waals surface area contributed by atoms with Crippen LogP contribution in [0.5, 0.6) is 5.75 Å². The fraction of sp³-hybridized carbons (Fsp3) is 0.625. The molecular formula is C16H20BrClO2. The molecule has 20 heavy (non-hydrogen) atoms. The normalized spacial score (nSPS) is 24.4. The van der Waals surface area contributed by atoms with E-state index in [0.717, 1.165) is 22.8 Å². The second-order valence-corrected chi connectivity index (χ2v) is 6.80. The molecule has 110 valence electrons. The fourth-order valence-electron chi connectivity index (χ4n) is 3.39. The Labute approximate surface area is 133 Å². The summed E-state index contributed by atoms with van der Waals surface area (Å²) in [5.74, 6) is 0.866. The van der Waals surface area contributed by atoms with E-state index < -0.39 is 0 Å². The van der Waals surface area contributed by atoms with E-state index in [2.05, 4.69) is 15.9 Å². The summed E-state index contributed by atoms with van der Waals surface area (Å²) in [7, 11) is 0. The molecule has 1 aliphatic heterocycles. The monoisotopic (exact) mass is 358 g/mol. The molecule has 1 aromatic rings. The van der Waals surface area contributed by atoms with Crippen LogP contribution in [0, 0.1) is 0 Å². The van der Waals surface area contributed by atoms with Gasteiger partial charge in [0, 0.05) is 15.9 Å². The Balaban J connectivity index is 1.59. The molecule has 1 unspecified atom stereocenters. The molecule has 1 heterocycles. The predicted octanol–water partition coefficient (Wildman–Crippen LogP) is 5.11. The van der Waals surface area contributed by atoms with Crippen molar-refractivity contribution in [1.82, 2.24) is 0 Å². The number of ether oxygens (including phenoxy) is 2. The van der Waals surface area contributed by atoms with Gasteiger partial charge < -0.3 is 9.47 Å². The van der Waals surface area contributed by atoms with Crippen LogP contribution in [0.3, 0.4) is 0 Å². The molecule has 2 fully saturated rings. The predicted molar refractivity (Wildman–Crippen MR) is 84.9 cm³/mol. The van der Waals surface area contributed by atoms with E-state index >= 15 is 0 Å². The minimum atomic E-state index is 0.181. The number of hydrogen-bond acceptors (Lipinski definition) is 2. The molecule has 3 rings (SSSR count). The number of hydrogen-bond donors (Lipinski definition) is 0. The summed E-state index contributed by atoms with van der Waals surface area (Å²) in [6.07, 6.45) is 7.63. The smallest absolute Gasteiger partial charge is 0.124 e. The molecule has 0 N–H and O–H groups in total. The van der Waals surface area contributed by atoms with Crippen molar-refractivity contribution in [2.24, 2.45) is 0 Å². The third-order valence-electron chi connectivity index (χ3n) is 4.49. The molecule has 1 saturated carbocycles. The summed E-state index contributed by atoms with van der Waals surface area (Å²) in [6.45, 7) is 0.627. The minimum absolute atomic E-state index is 0.181. The average molecular weight is 360 g/mol. The molecular weight excluding hydrogens is 340 g/mol. The van der Waals surface area contributed by atoms with E-state index in [4.69, 9.17) is 21.1 Å². The largest absolute Gasteiger partial charge is 0.491 e. The summed E-state index contributed by atoms with van der Waals surface area (Å²) in [6, 6.07) is 5.80. The lowest BCUT2D eigenvalue weighted by molar-refractivity contribution is -0.0509.